The predicted octanol–water partition coefficient (Wildman–Crippen LogP) is -0.640. The van der Waals surface area contributed by atoms with Gasteiger partial charge in [0.15, 0.2) is 0 Å². The summed E-state index contributed by atoms with van der Waals surface area (Å²) in [6.45, 7) is 0. The highest BCUT2D eigenvalue weighted by atomic mass is 35.5. The number of hydrogen-bond acceptors (Lipinski definition) is 5. The largest absolute Gasteiger partial charge is 0.197 e. The Kier molecular flexibility index (Phi) is 2.00. The first-order valence-corrected chi connectivity index (χ1v) is 4.97. The molecule has 0 saturated heterocycles. The molecule has 0 fully saturated rings. The maximum absolute atomic E-state index is 5.87. The number of fused-ring (bicyclic) bond motifs is 1. The summed E-state index contributed by atoms with van der Waals surface area (Å²) in [6, 6.07) is 5.50. The van der Waals surface area contributed by atoms with Crippen LogP contribution in [0.5, 0.6) is 0 Å². The summed E-state index contributed by atoms with van der Waals surface area (Å²) in [5, 5.41) is 15.7. The number of hydrazine groups is 1. The van der Waals surface area contributed by atoms with Crippen LogP contribution in [0.4, 0.5) is 0 Å². The summed E-state index contributed by atoms with van der Waals surface area (Å²) in [6.07, 6.45) is 5.15. The van der Waals surface area contributed by atoms with E-state index in [1.54, 1.807) is 23.6 Å². The Hall–Kier alpha value is -2.08. The molecule has 0 aliphatic carbocycles. The van der Waals surface area contributed by atoms with Gasteiger partial charge in [0.25, 0.3) is 0 Å². The molecule has 1 aromatic carbocycles. The van der Waals surface area contributed by atoms with E-state index in [2.05, 4.69) is 20.9 Å². The van der Waals surface area contributed by atoms with E-state index in [1.165, 1.54) is 4.79 Å². The van der Waals surface area contributed by atoms with Crippen molar-refractivity contribution in [2.45, 2.75) is 0 Å². The molecule has 2 heterocycles. The van der Waals surface area contributed by atoms with Gasteiger partial charge in [-0.3, -0.25) is 0 Å². The molecule has 1 N–H and O–H groups in total. The summed E-state index contributed by atoms with van der Waals surface area (Å²) in [4.78, 5) is 1.53. The minimum atomic E-state index is 0.659. The third kappa shape index (κ3) is 1.49. The number of halogens is 1. The molecular weight excluding hydrogens is 228 g/mol. The third-order valence-electron chi connectivity index (χ3n) is 2.16. The van der Waals surface area contributed by atoms with Crippen molar-refractivity contribution in [3.63, 3.8) is 0 Å². The number of nitrogens with one attached hydrogen (secondary N) is 1. The number of hydrogen-bond donors (Lipinski definition) is 1. The van der Waals surface area contributed by atoms with Gasteiger partial charge in [-0.2, -0.15) is 15.8 Å². The Balaban J connectivity index is 2.10. The molecule has 0 radical (unpaired) electrons. The van der Waals surface area contributed by atoms with Gasteiger partial charge in [-0.15, -0.1) is 9.89 Å². The minimum absolute atomic E-state index is 0.659. The minimum Gasteiger partial charge on any atom is -0.197 e. The van der Waals surface area contributed by atoms with Crippen LogP contribution in [0.1, 0.15) is 0 Å². The number of rotatable bonds is 1. The maximum atomic E-state index is 5.87. The van der Waals surface area contributed by atoms with Gasteiger partial charge in [0.05, 0.1) is 24.0 Å². The summed E-state index contributed by atoms with van der Waals surface area (Å²) < 4.78 is 0. The lowest BCUT2D eigenvalue weighted by atomic mass is 10.3. The number of nitrogens with zero attached hydrogens (tertiary/aromatic N) is 5. The lowest BCUT2D eigenvalue weighted by molar-refractivity contribution is 0.512. The van der Waals surface area contributed by atoms with E-state index in [-0.39, 0.29) is 0 Å². The van der Waals surface area contributed by atoms with Crippen LogP contribution in [0.2, 0.25) is 5.02 Å². The van der Waals surface area contributed by atoms with E-state index in [0.717, 1.165) is 10.6 Å². The van der Waals surface area contributed by atoms with E-state index < -0.39 is 0 Å². The van der Waals surface area contributed by atoms with Crippen LogP contribution in [0.3, 0.4) is 0 Å². The van der Waals surface area contributed by atoms with Crippen molar-refractivity contribution in [3.05, 3.63) is 46.2 Å². The molecule has 6 nitrogen and oxygen atoms in total. The van der Waals surface area contributed by atoms with Gasteiger partial charge < -0.3 is 0 Å². The highest BCUT2D eigenvalue weighted by molar-refractivity contribution is 6.30. The molecule has 0 unspecified atom stereocenters. The highest BCUT2D eigenvalue weighted by Gasteiger charge is 2.05. The smallest absolute Gasteiger partial charge is 0.0953 e. The molecular formula is C9H7ClN6. The fraction of sp³-hybridized carbons (Fsp3) is 0. The van der Waals surface area contributed by atoms with Gasteiger partial charge in [0, 0.05) is 10.2 Å². The van der Waals surface area contributed by atoms with E-state index in [0.29, 0.717) is 5.02 Å². The molecule has 1 aliphatic heterocycles. The molecule has 0 spiro atoms. The van der Waals surface area contributed by atoms with Crippen LogP contribution < -0.4 is 21.2 Å². The van der Waals surface area contributed by atoms with Crippen molar-refractivity contribution in [2.75, 3.05) is 5.12 Å². The summed E-state index contributed by atoms with van der Waals surface area (Å²) in [5.74, 6) is 0. The van der Waals surface area contributed by atoms with E-state index in [1.807, 2.05) is 18.3 Å². The number of aromatic nitrogens is 3. The molecule has 0 amide bonds. The second-order valence-corrected chi connectivity index (χ2v) is 3.65. The highest BCUT2D eigenvalue weighted by Crippen LogP contribution is 2.00. The normalized spacial score (nSPS) is 13.4. The van der Waals surface area contributed by atoms with Crippen LogP contribution in [-0.4, -0.2) is 15.1 Å². The van der Waals surface area contributed by atoms with Crippen LogP contribution in [0.15, 0.2) is 35.7 Å². The Morgan fingerprint density at radius 2 is 2.25 bits per heavy atom. The first-order chi connectivity index (χ1) is 7.83. The Morgan fingerprint density at radius 3 is 3.06 bits per heavy atom. The summed E-state index contributed by atoms with van der Waals surface area (Å²) >= 11 is 5.87. The lowest BCUT2D eigenvalue weighted by Crippen LogP contribution is -2.48. The van der Waals surface area contributed by atoms with Crippen LogP contribution in [0.25, 0.3) is 6.20 Å². The van der Waals surface area contributed by atoms with Gasteiger partial charge in [-0.25, -0.2) is 0 Å². The van der Waals surface area contributed by atoms with Crippen molar-refractivity contribution >= 4 is 17.8 Å². The van der Waals surface area contributed by atoms with Crippen molar-refractivity contribution in [1.29, 1.82) is 0 Å². The Labute approximate surface area is 95.4 Å². The molecule has 7 heteroatoms. The van der Waals surface area contributed by atoms with Crippen molar-refractivity contribution < 1.29 is 0 Å². The van der Waals surface area contributed by atoms with E-state index in [9.17, 15) is 0 Å². The molecule has 1 aliphatic rings. The zero-order chi connectivity index (χ0) is 11.0. The molecule has 3 rings (SSSR count). The number of benzene rings is 1. The zero-order valence-electron chi connectivity index (χ0n) is 8.08. The van der Waals surface area contributed by atoms with Gasteiger partial charge in [0.2, 0.25) is 0 Å². The summed E-state index contributed by atoms with van der Waals surface area (Å²) in [7, 11) is 0. The second-order valence-electron chi connectivity index (χ2n) is 3.21. The Bertz CT molecular complexity index is 620. The van der Waals surface area contributed by atoms with Gasteiger partial charge >= 0.3 is 0 Å². The summed E-state index contributed by atoms with van der Waals surface area (Å²) in [5.41, 5.74) is 2.81. The maximum Gasteiger partial charge on any atom is 0.0953 e. The molecule has 0 saturated carbocycles. The molecule has 2 aromatic rings. The molecule has 1 aromatic heterocycles. The molecule has 0 bridgehead atoms. The first-order valence-electron chi connectivity index (χ1n) is 4.59. The standard InChI is InChI=1S/C9H7ClN6/c10-8-2-1-7-6-16(14-12-9(7)5-8)15-4-3-11-13-15/h1-6,14H. The SMILES string of the molecule is Clc1ccc2c(c1)=NNN(n1ccnn1)C=2. The van der Waals surface area contributed by atoms with Gasteiger partial charge in [-0.1, -0.05) is 11.6 Å². The monoisotopic (exact) mass is 234 g/mol. The fourth-order valence-corrected chi connectivity index (χ4v) is 1.58. The van der Waals surface area contributed by atoms with Crippen LogP contribution >= 0.6 is 11.6 Å². The third-order valence-corrected chi connectivity index (χ3v) is 2.39. The van der Waals surface area contributed by atoms with E-state index in [4.69, 9.17) is 11.6 Å². The van der Waals surface area contributed by atoms with Crippen molar-refractivity contribution in [2.24, 2.45) is 5.10 Å². The second kappa shape index (κ2) is 3.49. The average Bonchev–Trinajstić information content (AvgIpc) is 2.82. The molecule has 0 atom stereocenters. The van der Waals surface area contributed by atoms with Crippen LogP contribution in [-0.2, 0) is 0 Å². The quantitative estimate of drug-likeness (QED) is 0.713. The topological polar surface area (TPSA) is 58.3 Å². The Morgan fingerprint density at radius 1 is 1.31 bits per heavy atom. The van der Waals surface area contributed by atoms with Crippen molar-refractivity contribution in [1.82, 2.24) is 20.6 Å². The van der Waals surface area contributed by atoms with E-state index >= 15 is 0 Å². The fourth-order valence-electron chi connectivity index (χ4n) is 1.41. The molecule has 16 heavy (non-hydrogen) atoms. The van der Waals surface area contributed by atoms with Crippen LogP contribution in [0, 0.1) is 0 Å². The predicted molar refractivity (Wildman–Crippen MR) is 58.1 cm³/mol. The zero-order valence-corrected chi connectivity index (χ0v) is 8.83. The molecule has 80 valence electrons. The average molecular weight is 235 g/mol. The van der Waals surface area contributed by atoms with Gasteiger partial charge in [0.1, 0.15) is 0 Å². The lowest BCUT2D eigenvalue weighted by Gasteiger charge is -2.19. The van der Waals surface area contributed by atoms with Crippen molar-refractivity contribution in [3.8, 4) is 0 Å². The van der Waals surface area contributed by atoms with Gasteiger partial charge in [-0.05, 0) is 23.4 Å². The first kappa shape index (κ1) is 9.17.